The molecule has 4 aromatic rings. The Kier molecular flexibility index (Phi) is 4.35. The van der Waals surface area contributed by atoms with Crippen LogP contribution in [0.5, 0.6) is 11.6 Å². The molecule has 128 valence electrons. The number of nitrogens with zero attached hydrogens (tertiary/aromatic N) is 2. The van der Waals surface area contributed by atoms with Crippen molar-refractivity contribution in [3.63, 3.8) is 0 Å². The Morgan fingerprint density at radius 3 is 2.42 bits per heavy atom. The normalized spacial score (nSPS) is 10.6. The van der Waals surface area contributed by atoms with E-state index >= 15 is 0 Å². The average Bonchev–Trinajstić information content (AvgIpc) is 3.14. The van der Waals surface area contributed by atoms with Crippen LogP contribution in [0.2, 0.25) is 0 Å². The molecule has 0 unspecified atom stereocenters. The molecular formula is C21H16N2O3. The third-order valence-corrected chi connectivity index (χ3v) is 3.97. The Labute approximate surface area is 150 Å². The average molecular weight is 344 g/mol. The summed E-state index contributed by atoms with van der Waals surface area (Å²) in [5, 5.41) is 12.7. The van der Waals surface area contributed by atoms with Crippen LogP contribution in [0, 0.1) is 0 Å². The number of aromatic hydroxyl groups is 1. The summed E-state index contributed by atoms with van der Waals surface area (Å²) >= 11 is 0. The molecule has 0 atom stereocenters. The number of hydrogen-bond donors (Lipinski definition) is 1. The first-order valence-corrected chi connectivity index (χ1v) is 8.18. The molecule has 2 heterocycles. The first-order valence-electron chi connectivity index (χ1n) is 8.18. The SMILES string of the molecule is Oc1cc(-c2ccc(OCc3cccnc3-c3ccccc3)cc2)on1. The van der Waals surface area contributed by atoms with E-state index in [9.17, 15) is 5.11 Å². The minimum Gasteiger partial charge on any atom is -0.491 e. The highest BCUT2D eigenvalue weighted by molar-refractivity contribution is 5.62. The van der Waals surface area contributed by atoms with Gasteiger partial charge in [0.15, 0.2) is 5.76 Å². The van der Waals surface area contributed by atoms with E-state index < -0.39 is 0 Å². The smallest absolute Gasteiger partial charge is 0.252 e. The predicted octanol–water partition coefficient (Wildman–Crippen LogP) is 4.69. The molecule has 2 aromatic carbocycles. The molecule has 0 amide bonds. The van der Waals surface area contributed by atoms with Gasteiger partial charge in [-0.3, -0.25) is 4.98 Å². The second-order valence-corrected chi connectivity index (χ2v) is 5.74. The van der Waals surface area contributed by atoms with Crippen LogP contribution >= 0.6 is 0 Å². The van der Waals surface area contributed by atoms with Crippen molar-refractivity contribution in [1.29, 1.82) is 0 Å². The van der Waals surface area contributed by atoms with E-state index in [1.807, 2.05) is 66.7 Å². The van der Waals surface area contributed by atoms with Crippen molar-refractivity contribution in [3.8, 4) is 34.2 Å². The number of pyridine rings is 1. The molecule has 4 rings (SSSR count). The summed E-state index contributed by atoms with van der Waals surface area (Å²) in [5.41, 5.74) is 3.81. The van der Waals surface area contributed by atoms with Gasteiger partial charge in [-0.25, -0.2) is 0 Å². The van der Waals surface area contributed by atoms with E-state index in [1.165, 1.54) is 6.07 Å². The van der Waals surface area contributed by atoms with Crippen molar-refractivity contribution in [2.24, 2.45) is 0 Å². The number of hydrogen-bond acceptors (Lipinski definition) is 5. The summed E-state index contributed by atoms with van der Waals surface area (Å²) in [4.78, 5) is 4.49. The van der Waals surface area contributed by atoms with Gasteiger partial charge in [0, 0.05) is 29.0 Å². The largest absolute Gasteiger partial charge is 0.491 e. The molecule has 0 saturated heterocycles. The molecule has 0 aliphatic rings. The van der Waals surface area contributed by atoms with Gasteiger partial charge in [-0.2, -0.15) is 0 Å². The Bertz CT molecular complexity index is 995. The van der Waals surface area contributed by atoms with Gasteiger partial charge >= 0.3 is 0 Å². The summed E-state index contributed by atoms with van der Waals surface area (Å²) < 4.78 is 10.9. The molecule has 2 aromatic heterocycles. The Morgan fingerprint density at radius 2 is 1.69 bits per heavy atom. The van der Waals surface area contributed by atoms with Crippen LogP contribution < -0.4 is 4.74 Å². The molecule has 0 saturated carbocycles. The molecule has 0 spiro atoms. The topological polar surface area (TPSA) is 68.4 Å². The van der Waals surface area contributed by atoms with E-state index in [-0.39, 0.29) is 5.88 Å². The highest BCUT2D eigenvalue weighted by Crippen LogP contribution is 2.26. The molecule has 1 N–H and O–H groups in total. The van der Waals surface area contributed by atoms with Gasteiger partial charge < -0.3 is 14.4 Å². The van der Waals surface area contributed by atoms with Crippen LogP contribution in [0.25, 0.3) is 22.6 Å². The predicted molar refractivity (Wildman–Crippen MR) is 97.6 cm³/mol. The van der Waals surface area contributed by atoms with Crippen LogP contribution in [0.3, 0.4) is 0 Å². The zero-order valence-corrected chi connectivity index (χ0v) is 13.9. The Morgan fingerprint density at radius 1 is 0.885 bits per heavy atom. The molecule has 0 aliphatic carbocycles. The van der Waals surface area contributed by atoms with Gasteiger partial charge in [0.05, 0.1) is 5.69 Å². The third-order valence-electron chi connectivity index (χ3n) is 3.97. The lowest BCUT2D eigenvalue weighted by Crippen LogP contribution is -1.99. The molecule has 0 radical (unpaired) electrons. The Hall–Kier alpha value is -3.60. The summed E-state index contributed by atoms with van der Waals surface area (Å²) in [6, 6.07) is 22.9. The lowest BCUT2D eigenvalue weighted by molar-refractivity contribution is 0.306. The van der Waals surface area contributed by atoms with Crippen LogP contribution in [0.4, 0.5) is 0 Å². The molecule has 26 heavy (non-hydrogen) atoms. The molecular weight excluding hydrogens is 328 g/mol. The van der Waals surface area contributed by atoms with E-state index in [0.717, 1.165) is 28.1 Å². The van der Waals surface area contributed by atoms with Crippen molar-refractivity contribution >= 4 is 0 Å². The molecule has 0 aliphatic heterocycles. The summed E-state index contributed by atoms with van der Waals surface area (Å²) in [5.74, 6) is 1.11. The van der Waals surface area contributed by atoms with Crippen molar-refractivity contribution in [3.05, 3.63) is 84.6 Å². The number of rotatable bonds is 5. The van der Waals surface area contributed by atoms with E-state index in [1.54, 1.807) is 6.20 Å². The van der Waals surface area contributed by atoms with Crippen LogP contribution in [-0.2, 0) is 6.61 Å². The van der Waals surface area contributed by atoms with E-state index in [0.29, 0.717) is 12.4 Å². The van der Waals surface area contributed by atoms with Crippen molar-refractivity contribution in [2.75, 3.05) is 0 Å². The zero-order valence-electron chi connectivity index (χ0n) is 13.9. The fourth-order valence-electron chi connectivity index (χ4n) is 2.69. The minimum absolute atomic E-state index is 0.134. The van der Waals surface area contributed by atoms with Crippen molar-refractivity contribution in [2.45, 2.75) is 6.61 Å². The monoisotopic (exact) mass is 344 g/mol. The third kappa shape index (κ3) is 3.42. The highest BCUT2D eigenvalue weighted by Gasteiger charge is 2.08. The Balaban J connectivity index is 1.50. The molecule has 5 heteroatoms. The molecule has 0 fully saturated rings. The van der Waals surface area contributed by atoms with Gasteiger partial charge in [0.2, 0.25) is 0 Å². The molecule has 5 nitrogen and oxygen atoms in total. The number of ether oxygens (including phenoxy) is 1. The quantitative estimate of drug-likeness (QED) is 0.569. The molecule has 0 bridgehead atoms. The number of aromatic nitrogens is 2. The van der Waals surface area contributed by atoms with Gasteiger partial charge in [-0.15, -0.1) is 0 Å². The van der Waals surface area contributed by atoms with Crippen molar-refractivity contribution < 1.29 is 14.4 Å². The lowest BCUT2D eigenvalue weighted by atomic mass is 10.1. The summed E-state index contributed by atoms with van der Waals surface area (Å²) in [6.07, 6.45) is 1.79. The van der Waals surface area contributed by atoms with E-state index in [2.05, 4.69) is 10.1 Å². The fraction of sp³-hybridized carbons (Fsp3) is 0.0476. The van der Waals surface area contributed by atoms with Crippen LogP contribution in [-0.4, -0.2) is 15.2 Å². The first kappa shape index (κ1) is 15.9. The maximum absolute atomic E-state index is 9.26. The second-order valence-electron chi connectivity index (χ2n) is 5.74. The fourth-order valence-corrected chi connectivity index (χ4v) is 2.69. The second kappa shape index (κ2) is 7.11. The zero-order chi connectivity index (χ0) is 17.8. The maximum atomic E-state index is 9.26. The maximum Gasteiger partial charge on any atom is 0.252 e. The highest BCUT2D eigenvalue weighted by atomic mass is 16.5. The minimum atomic E-state index is -0.134. The number of benzene rings is 2. The standard InChI is InChI=1S/C21H16N2O3/c24-20-13-19(26-23-20)15-8-10-18(11-9-15)25-14-17-7-4-12-22-21(17)16-5-2-1-3-6-16/h1-13H,14H2,(H,23,24). The van der Waals surface area contributed by atoms with Crippen LogP contribution in [0.15, 0.2) is 83.5 Å². The summed E-state index contributed by atoms with van der Waals surface area (Å²) in [6.45, 7) is 0.417. The van der Waals surface area contributed by atoms with Gasteiger partial charge in [0.25, 0.3) is 5.88 Å². The first-order chi connectivity index (χ1) is 12.8. The van der Waals surface area contributed by atoms with Gasteiger partial charge in [-0.1, -0.05) is 36.4 Å². The van der Waals surface area contributed by atoms with Gasteiger partial charge in [0.1, 0.15) is 12.4 Å². The van der Waals surface area contributed by atoms with E-state index in [4.69, 9.17) is 9.26 Å². The van der Waals surface area contributed by atoms with Gasteiger partial charge in [-0.05, 0) is 35.5 Å². The lowest BCUT2D eigenvalue weighted by Gasteiger charge is -2.10. The van der Waals surface area contributed by atoms with Crippen LogP contribution in [0.1, 0.15) is 5.56 Å². The van der Waals surface area contributed by atoms with Crippen molar-refractivity contribution in [1.82, 2.24) is 10.1 Å². The summed E-state index contributed by atoms with van der Waals surface area (Å²) in [7, 11) is 0.